The second-order valence-electron chi connectivity index (χ2n) is 3.91. The van der Waals surface area contributed by atoms with E-state index in [-0.39, 0.29) is 0 Å². The first-order chi connectivity index (χ1) is 7.86. The van der Waals surface area contributed by atoms with Crippen LogP contribution in [-0.4, -0.2) is 11.0 Å². The molecule has 0 nitrogen and oxygen atoms in total. The summed E-state index contributed by atoms with van der Waals surface area (Å²) >= 11 is 2.05. The normalized spacial score (nSPS) is 13.1. The van der Waals surface area contributed by atoms with Crippen LogP contribution in [0.25, 0.3) is 6.08 Å². The zero-order chi connectivity index (χ0) is 11.6. The van der Waals surface area contributed by atoms with Crippen molar-refractivity contribution in [3.05, 3.63) is 42.0 Å². The van der Waals surface area contributed by atoms with E-state index in [0.29, 0.717) is 5.25 Å². The van der Waals surface area contributed by atoms with Crippen LogP contribution in [0.1, 0.15) is 38.7 Å². The van der Waals surface area contributed by atoms with Crippen molar-refractivity contribution < 1.29 is 0 Å². The van der Waals surface area contributed by atoms with E-state index in [2.05, 4.69) is 56.3 Å². The van der Waals surface area contributed by atoms with Crippen LogP contribution in [0.2, 0.25) is 0 Å². The number of hydrogen-bond donors (Lipinski definition) is 0. The molecule has 1 atom stereocenters. The Labute approximate surface area is 104 Å². The molecule has 0 saturated heterocycles. The van der Waals surface area contributed by atoms with Gasteiger partial charge < -0.3 is 0 Å². The predicted molar refractivity (Wildman–Crippen MR) is 76.9 cm³/mol. The molecule has 1 unspecified atom stereocenters. The summed E-state index contributed by atoms with van der Waals surface area (Å²) in [5, 5.41) is 0.685. The smallest absolute Gasteiger partial charge is 0.0230 e. The highest BCUT2D eigenvalue weighted by Crippen LogP contribution is 2.19. The van der Waals surface area contributed by atoms with Crippen molar-refractivity contribution in [1.82, 2.24) is 0 Å². The van der Waals surface area contributed by atoms with Crippen LogP contribution in [0.5, 0.6) is 0 Å². The molecule has 16 heavy (non-hydrogen) atoms. The first-order valence-electron chi connectivity index (χ1n) is 6.21. The number of hydrogen-bond acceptors (Lipinski definition) is 1. The number of benzene rings is 1. The lowest BCUT2D eigenvalue weighted by Crippen LogP contribution is -1.98. The molecule has 1 rings (SSSR count). The Morgan fingerprint density at radius 2 is 1.94 bits per heavy atom. The number of thioether (sulfide) groups is 1. The number of unbranched alkanes of at least 4 members (excludes halogenated alkanes) is 1. The maximum atomic E-state index is 2.36. The Morgan fingerprint density at radius 3 is 2.56 bits per heavy atom. The fourth-order valence-corrected chi connectivity index (χ4v) is 2.59. The van der Waals surface area contributed by atoms with E-state index in [4.69, 9.17) is 0 Å². The lowest BCUT2D eigenvalue weighted by atomic mass is 10.1. The Hall–Kier alpha value is -0.690. The summed E-state index contributed by atoms with van der Waals surface area (Å²) in [7, 11) is 0. The summed E-state index contributed by atoms with van der Waals surface area (Å²) in [5.41, 5.74) is 1.31. The van der Waals surface area contributed by atoms with Crippen LogP contribution in [-0.2, 0) is 0 Å². The molecule has 0 saturated carbocycles. The fourth-order valence-electron chi connectivity index (χ4n) is 1.64. The monoisotopic (exact) mass is 234 g/mol. The molecule has 0 aromatic heterocycles. The van der Waals surface area contributed by atoms with Crippen molar-refractivity contribution in [3.8, 4) is 0 Å². The van der Waals surface area contributed by atoms with Gasteiger partial charge in [-0.25, -0.2) is 0 Å². The number of rotatable bonds is 7. The van der Waals surface area contributed by atoms with Crippen LogP contribution in [0.15, 0.2) is 36.4 Å². The summed E-state index contributed by atoms with van der Waals surface area (Å²) in [6, 6.07) is 10.6. The molecule has 1 heteroatoms. The third-order valence-electron chi connectivity index (χ3n) is 2.53. The van der Waals surface area contributed by atoms with Crippen molar-refractivity contribution in [1.29, 1.82) is 0 Å². The van der Waals surface area contributed by atoms with E-state index in [1.54, 1.807) is 0 Å². The molecule has 1 aromatic carbocycles. The van der Waals surface area contributed by atoms with Crippen LogP contribution < -0.4 is 0 Å². The maximum Gasteiger partial charge on any atom is 0.0230 e. The molecule has 0 heterocycles. The lowest BCUT2D eigenvalue weighted by Gasteiger charge is -2.10. The molecule has 0 radical (unpaired) electrons. The van der Waals surface area contributed by atoms with E-state index >= 15 is 0 Å². The van der Waals surface area contributed by atoms with Gasteiger partial charge in [0.15, 0.2) is 0 Å². The van der Waals surface area contributed by atoms with E-state index < -0.39 is 0 Å². The van der Waals surface area contributed by atoms with Gasteiger partial charge in [0.2, 0.25) is 0 Å². The van der Waals surface area contributed by atoms with Crippen molar-refractivity contribution in [2.75, 3.05) is 5.75 Å². The van der Waals surface area contributed by atoms with E-state index in [1.165, 1.54) is 30.6 Å². The third-order valence-corrected chi connectivity index (χ3v) is 3.68. The molecule has 0 amide bonds. The highest BCUT2D eigenvalue weighted by Gasteiger charge is 2.02. The van der Waals surface area contributed by atoms with Crippen molar-refractivity contribution >= 4 is 17.8 Å². The molecule has 0 N–H and O–H groups in total. The molecule has 0 fully saturated rings. The maximum absolute atomic E-state index is 2.36. The Balaban J connectivity index is 2.50. The van der Waals surface area contributed by atoms with Gasteiger partial charge in [0.25, 0.3) is 0 Å². The molecular weight excluding hydrogens is 212 g/mol. The van der Waals surface area contributed by atoms with Crippen molar-refractivity contribution in [2.45, 2.75) is 38.4 Å². The van der Waals surface area contributed by atoms with E-state index in [9.17, 15) is 0 Å². The van der Waals surface area contributed by atoms with E-state index in [0.717, 1.165) is 0 Å². The summed E-state index contributed by atoms with van der Waals surface area (Å²) < 4.78 is 0. The van der Waals surface area contributed by atoms with Gasteiger partial charge in [0.1, 0.15) is 0 Å². The molecular formula is C15H22S. The predicted octanol–water partition coefficient (Wildman–Crippen LogP) is 5.01. The van der Waals surface area contributed by atoms with Gasteiger partial charge in [-0.1, -0.05) is 69.2 Å². The van der Waals surface area contributed by atoms with Crippen LogP contribution in [0.3, 0.4) is 0 Å². The van der Waals surface area contributed by atoms with Crippen molar-refractivity contribution in [2.24, 2.45) is 0 Å². The van der Waals surface area contributed by atoms with Crippen LogP contribution in [0, 0.1) is 0 Å². The quantitative estimate of drug-likeness (QED) is 0.639. The van der Waals surface area contributed by atoms with Gasteiger partial charge in [0, 0.05) is 5.25 Å². The lowest BCUT2D eigenvalue weighted by molar-refractivity contribution is 0.739. The van der Waals surface area contributed by atoms with Gasteiger partial charge in [-0.3, -0.25) is 0 Å². The van der Waals surface area contributed by atoms with Gasteiger partial charge in [-0.15, -0.1) is 0 Å². The minimum atomic E-state index is 0.685. The summed E-state index contributed by atoms with van der Waals surface area (Å²) in [6.45, 7) is 4.49. The average Bonchev–Trinajstić information content (AvgIpc) is 2.34. The standard InChI is InChI=1S/C15H22S/c1-3-5-11-15(16-4-2)13-12-14-9-7-6-8-10-14/h6-10,12-13,15H,3-5,11H2,1-2H3/b13-12+. The molecule has 0 bridgehead atoms. The van der Waals surface area contributed by atoms with E-state index in [1.807, 2.05) is 11.8 Å². The van der Waals surface area contributed by atoms with Gasteiger partial charge in [-0.2, -0.15) is 11.8 Å². The highest BCUT2D eigenvalue weighted by molar-refractivity contribution is 8.00. The van der Waals surface area contributed by atoms with Gasteiger partial charge in [-0.05, 0) is 17.7 Å². The van der Waals surface area contributed by atoms with Crippen LogP contribution >= 0.6 is 11.8 Å². The molecule has 0 aliphatic heterocycles. The second kappa shape index (κ2) is 8.46. The summed E-state index contributed by atoms with van der Waals surface area (Å²) in [4.78, 5) is 0. The fraction of sp³-hybridized carbons (Fsp3) is 0.467. The molecule has 1 aromatic rings. The van der Waals surface area contributed by atoms with Crippen molar-refractivity contribution in [3.63, 3.8) is 0 Å². The SMILES string of the molecule is CCCCC(/C=C/c1ccccc1)SCC. The Morgan fingerprint density at radius 1 is 1.19 bits per heavy atom. The molecule has 0 aliphatic rings. The highest BCUT2D eigenvalue weighted by atomic mass is 32.2. The minimum absolute atomic E-state index is 0.685. The average molecular weight is 234 g/mol. The zero-order valence-electron chi connectivity index (χ0n) is 10.4. The largest absolute Gasteiger partial charge is 0.155 e. The molecule has 0 spiro atoms. The summed E-state index contributed by atoms with van der Waals surface area (Å²) in [5.74, 6) is 1.20. The van der Waals surface area contributed by atoms with Gasteiger partial charge in [0.05, 0.1) is 0 Å². The minimum Gasteiger partial charge on any atom is -0.155 e. The van der Waals surface area contributed by atoms with Gasteiger partial charge >= 0.3 is 0 Å². The molecule has 0 aliphatic carbocycles. The summed E-state index contributed by atoms with van der Waals surface area (Å²) in [6.07, 6.45) is 8.54. The molecule has 88 valence electrons. The second-order valence-corrected chi connectivity index (χ2v) is 5.42. The Bertz CT molecular complexity index is 290. The first kappa shape index (κ1) is 13.4. The van der Waals surface area contributed by atoms with Crippen LogP contribution in [0.4, 0.5) is 0 Å². The Kier molecular flexibility index (Phi) is 7.07. The topological polar surface area (TPSA) is 0 Å². The third kappa shape index (κ3) is 5.41. The first-order valence-corrected chi connectivity index (χ1v) is 7.26. The zero-order valence-corrected chi connectivity index (χ0v) is 11.2.